The zero-order chi connectivity index (χ0) is 11.5. The first-order chi connectivity index (χ1) is 7.66. The number of thioether (sulfide) groups is 1. The van der Waals surface area contributed by atoms with E-state index in [2.05, 4.69) is 5.32 Å². The van der Waals surface area contributed by atoms with E-state index in [1.165, 1.54) is 17.8 Å². The van der Waals surface area contributed by atoms with Gasteiger partial charge in [0.2, 0.25) is 5.91 Å². The van der Waals surface area contributed by atoms with E-state index in [9.17, 15) is 9.59 Å². The van der Waals surface area contributed by atoms with Gasteiger partial charge in [-0.3, -0.25) is 9.59 Å². The molecule has 82 valence electrons. The van der Waals surface area contributed by atoms with Crippen molar-refractivity contribution in [2.75, 3.05) is 5.75 Å². The van der Waals surface area contributed by atoms with Crippen molar-refractivity contribution in [1.82, 2.24) is 5.32 Å². The fourth-order valence-electron chi connectivity index (χ4n) is 1.29. The summed E-state index contributed by atoms with van der Waals surface area (Å²) in [5, 5.41) is 3.59. The van der Waals surface area contributed by atoms with Crippen LogP contribution in [0.25, 0.3) is 0 Å². The van der Waals surface area contributed by atoms with Crippen molar-refractivity contribution in [3.63, 3.8) is 0 Å². The summed E-state index contributed by atoms with van der Waals surface area (Å²) >= 11 is 7.20. The van der Waals surface area contributed by atoms with Crippen molar-refractivity contribution in [3.05, 3.63) is 46.0 Å². The van der Waals surface area contributed by atoms with Gasteiger partial charge in [-0.1, -0.05) is 35.5 Å². The third kappa shape index (κ3) is 2.46. The van der Waals surface area contributed by atoms with Gasteiger partial charge < -0.3 is 5.32 Å². The second-order valence-corrected chi connectivity index (χ2v) is 4.61. The van der Waals surface area contributed by atoms with Gasteiger partial charge in [-0.2, -0.15) is 0 Å². The third-order valence-corrected chi connectivity index (χ3v) is 3.29. The fourth-order valence-corrected chi connectivity index (χ4v) is 2.25. The highest BCUT2D eigenvalue weighted by Crippen LogP contribution is 2.21. The summed E-state index contributed by atoms with van der Waals surface area (Å²) in [5.41, 5.74) is 0.443. The Morgan fingerprint density at radius 3 is 2.81 bits per heavy atom. The first kappa shape index (κ1) is 11.2. The maximum atomic E-state index is 11.8. The summed E-state index contributed by atoms with van der Waals surface area (Å²) in [5.74, 6) is 0.0836. The van der Waals surface area contributed by atoms with Gasteiger partial charge in [-0.05, 0) is 12.1 Å². The Bertz CT molecular complexity index is 485. The maximum Gasteiger partial charge on any atom is 0.235 e. The van der Waals surface area contributed by atoms with Crippen LogP contribution in [0.5, 0.6) is 0 Å². The lowest BCUT2D eigenvalue weighted by atomic mass is 10.1. The van der Waals surface area contributed by atoms with E-state index in [-0.39, 0.29) is 11.7 Å². The predicted octanol–water partition coefficient (Wildman–Crippen LogP) is 2.23. The zero-order valence-electron chi connectivity index (χ0n) is 8.20. The number of hydrogen-bond acceptors (Lipinski definition) is 3. The van der Waals surface area contributed by atoms with Crippen LogP contribution >= 0.6 is 23.4 Å². The molecule has 2 rings (SSSR count). The first-order valence-electron chi connectivity index (χ1n) is 4.60. The Morgan fingerprint density at radius 2 is 2.19 bits per heavy atom. The summed E-state index contributed by atoms with van der Waals surface area (Å²) < 4.78 is 0. The minimum Gasteiger partial charge on any atom is -0.320 e. The van der Waals surface area contributed by atoms with Gasteiger partial charge in [0.1, 0.15) is 0 Å². The summed E-state index contributed by atoms with van der Waals surface area (Å²) in [6.07, 6.45) is 1.40. The molecule has 1 fully saturated rings. The third-order valence-electron chi connectivity index (χ3n) is 2.02. The Labute approximate surface area is 102 Å². The van der Waals surface area contributed by atoms with Crippen molar-refractivity contribution in [2.24, 2.45) is 0 Å². The van der Waals surface area contributed by atoms with Gasteiger partial charge in [-0.25, -0.2) is 0 Å². The lowest BCUT2D eigenvalue weighted by molar-refractivity contribution is -0.117. The van der Waals surface area contributed by atoms with Gasteiger partial charge in [-0.15, -0.1) is 0 Å². The molecule has 1 aliphatic rings. The molecular formula is C11H8ClNO2S. The molecule has 1 amide bonds. The van der Waals surface area contributed by atoms with Crippen LogP contribution in [-0.4, -0.2) is 17.4 Å². The normalized spacial score (nSPS) is 17.6. The van der Waals surface area contributed by atoms with E-state index >= 15 is 0 Å². The maximum absolute atomic E-state index is 11.8. The SMILES string of the molecule is O=C1CSC(=CC(=O)c2ccccc2Cl)N1. The molecule has 3 nitrogen and oxygen atoms in total. The Kier molecular flexibility index (Phi) is 3.31. The molecule has 0 radical (unpaired) electrons. The van der Waals surface area contributed by atoms with E-state index in [0.717, 1.165) is 0 Å². The predicted molar refractivity (Wildman–Crippen MR) is 64.5 cm³/mol. The zero-order valence-corrected chi connectivity index (χ0v) is 9.77. The summed E-state index contributed by atoms with van der Waals surface area (Å²) in [7, 11) is 0. The molecule has 0 saturated carbocycles. The minimum atomic E-state index is -0.199. The minimum absolute atomic E-state index is 0.0804. The van der Waals surface area contributed by atoms with Crippen molar-refractivity contribution in [2.45, 2.75) is 0 Å². The molecule has 16 heavy (non-hydrogen) atoms. The topological polar surface area (TPSA) is 46.2 Å². The monoisotopic (exact) mass is 253 g/mol. The molecule has 1 aliphatic heterocycles. The first-order valence-corrected chi connectivity index (χ1v) is 5.96. The van der Waals surface area contributed by atoms with Crippen LogP contribution in [0.1, 0.15) is 10.4 Å². The highest BCUT2D eigenvalue weighted by molar-refractivity contribution is 8.04. The molecule has 5 heteroatoms. The van der Waals surface area contributed by atoms with Crippen LogP contribution in [0.2, 0.25) is 5.02 Å². The molecule has 0 aliphatic carbocycles. The number of rotatable bonds is 2. The Morgan fingerprint density at radius 1 is 1.44 bits per heavy atom. The van der Waals surface area contributed by atoms with E-state index in [1.54, 1.807) is 24.3 Å². The fraction of sp³-hybridized carbons (Fsp3) is 0.0909. The Hall–Kier alpha value is -1.26. The number of amides is 1. The molecule has 1 saturated heterocycles. The number of allylic oxidation sites excluding steroid dienone is 1. The molecule has 0 atom stereocenters. The van der Waals surface area contributed by atoms with E-state index < -0.39 is 0 Å². The van der Waals surface area contributed by atoms with Gasteiger partial charge in [0, 0.05) is 11.6 Å². The largest absolute Gasteiger partial charge is 0.320 e. The molecule has 0 spiro atoms. The van der Waals surface area contributed by atoms with Crippen LogP contribution < -0.4 is 5.32 Å². The van der Waals surface area contributed by atoms with Gasteiger partial charge in [0.05, 0.1) is 15.8 Å². The summed E-state index contributed by atoms with van der Waals surface area (Å²) in [6.45, 7) is 0. The molecule has 1 heterocycles. The highest BCUT2D eigenvalue weighted by Gasteiger charge is 2.17. The number of benzene rings is 1. The molecule has 0 unspecified atom stereocenters. The second kappa shape index (κ2) is 4.72. The number of ketones is 1. The number of hydrogen-bond donors (Lipinski definition) is 1. The average Bonchev–Trinajstić information content (AvgIpc) is 2.64. The van der Waals surface area contributed by atoms with Crippen molar-refractivity contribution >= 4 is 35.1 Å². The smallest absolute Gasteiger partial charge is 0.235 e. The molecule has 0 bridgehead atoms. The van der Waals surface area contributed by atoms with Crippen LogP contribution in [-0.2, 0) is 4.79 Å². The van der Waals surface area contributed by atoms with E-state index in [4.69, 9.17) is 11.6 Å². The molecule has 1 aromatic rings. The number of nitrogens with one attached hydrogen (secondary N) is 1. The standard InChI is InChI=1S/C11H8ClNO2S/c12-8-4-2-1-3-7(8)9(14)5-11-13-10(15)6-16-11/h1-5H,6H2,(H,13,15). The molecule has 1 aromatic carbocycles. The highest BCUT2D eigenvalue weighted by atomic mass is 35.5. The molecule has 0 aromatic heterocycles. The quantitative estimate of drug-likeness (QED) is 0.649. The lowest BCUT2D eigenvalue weighted by Crippen LogP contribution is -2.14. The van der Waals surface area contributed by atoms with Gasteiger partial charge in [0.25, 0.3) is 0 Å². The number of halogens is 1. The second-order valence-electron chi connectivity index (χ2n) is 3.19. The van der Waals surface area contributed by atoms with Crippen LogP contribution in [0, 0.1) is 0 Å². The van der Waals surface area contributed by atoms with Crippen LogP contribution in [0.15, 0.2) is 35.4 Å². The Balaban J connectivity index is 2.21. The number of carbonyl (C=O) groups is 2. The average molecular weight is 254 g/mol. The van der Waals surface area contributed by atoms with Crippen LogP contribution in [0.3, 0.4) is 0 Å². The van der Waals surface area contributed by atoms with Gasteiger partial charge in [0.15, 0.2) is 5.78 Å². The summed E-state index contributed by atoms with van der Waals surface area (Å²) in [6, 6.07) is 6.83. The van der Waals surface area contributed by atoms with E-state index in [0.29, 0.717) is 21.4 Å². The molecule has 1 N–H and O–H groups in total. The van der Waals surface area contributed by atoms with Crippen molar-refractivity contribution in [1.29, 1.82) is 0 Å². The van der Waals surface area contributed by atoms with Gasteiger partial charge >= 0.3 is 0 Å². The van der Waals surface area contributed by atoms with Crippen molar-refractivity contribution < 1.29 is 9.59 Å². The number of carbonyl (C=O) groups excluding carboxylic acids is 2. The molecular weight excluding hydrogens is 246 g/mol. The van der Waals surface area contributed by atoms with Crippen molar-refractivity contribution in [3.8, 4) is 0 Å². The van der Waals surface area contributed by atoms with Crippen LogP contribution in [0.4, 0.5) is 0 Å². The lowest BCUT2D eigenvalue weighted by Gasteiger charge is -2.00. The van der Waals surface area contributed by atoms with E-state index in [1.807, 2.05) is 0 Å². The summed E-state index contributed by atoms with van der Waals surface area (Å²) in [4.78, 5) is 22.7.